The van der Waals surface area contributed by atoms with Crippen LogP contribution in [0.3, 0.4) is 0 Å². The summed E-state index contributed by atoms with van der Waals surface area (Å²) in [6, 6.07) is 9.06. The fourth-order valence-electron chi connectivity index (χ4n) is 3.10. The third-order valence-corrected chi connectivity index (χ3v) is 5.25. The first kappa shape index (κ1) is 15.7. The second kappa shape index (κ2) is 6.96. The van der Waals surface area contributed by atoms with E-state index in [0.717, 1.165) is 19.3 Å². The quantitative estimate of drug-likeness (QED) is 0.881. The number of amides is 1. The molecule has 1 heterocycles. The highest BCUT2D eigenvalue weighted by molar-refractivity contribution is 7.10. The third-order valence-electron chi connectivity index (χ3n) is 4.26. The Morgan fingerprint density at radius 1 is 1.26 bits per heavy atom. The number of aryl methyl sites for hydroxylation is 2. The fourth-order valence-corrected chi connectivity index (χ4v) is 4.09. The molecular weight excluding hydrogens is 310 g/mol. The summed E-state index contributed by atoms with van der Waals surface area (Å²) < 4.78 is 0. The van der Waals surface area contributed by atoms with Gasteiger partial charge in [-0.25, -0.2) is 4.79 Å². The van der Waals surface area contributed by atoms with E-state index in [4.69, 9.17) is 0 Å². The topological polar surface area (TPSA) is 66.4 Å². The van der Waals surface area contributed by atoms with Crippen LogP contribution in [0, 0.1) is 0 Å². The Balaban J connectivity index is 1.60. The molecule has 1 unspecified atom stereocenters. The lowest BCUT2D eigenvalue weighted by molar-refractivity contribution is -0.121. The molecule has 3 rings (SSSR count). The Morgan fingerprint density at radius 2 is 2.09 bits per heavy atom. The Morgan fingerprint density at radius 3 is 2.91 bits per heavy atom. The van der Waals surface area contributed by atoms with E-state index < -0.39 is 5.97 Å². The maximum Gasteiger partial charge on any atom is 0.335 e. The van der Waals surface area contributed by atoms with Gasteiger partial charge in [0.25, 0.3) is 0 Å². The molecule has 120 valence electrons. The molecule has 2 N–H and O–H groups in total. The lowest BCUT2D eigenvalue weighted by atomic mass is 9.94. The highest BCUT2D eigenvalue weighted by Gasteiger charge is 2.22. The number of carboxylic acid groups (broad SMARTS) is 1. The zero-order valence-electron chi connectivity index (χ0n) is 12.7. The highest BCUT2D eigenvalue weighted by atomic mass is 32.1. The average Bonchev–Trinajstić information content (AvgIpc) is 3.03. The normalized spacial score (nSPS) is 16.6. The number of aromatic carboxylic acids is 1. The van der Waals surface area contributed by atoms with Gasteiger partial charge in [-0.1, -0.05) is 18.2 Å². The predicted octanol–water partition coefficient (Wildman–Crippen LogP) is 3.57. The minimum atomic E-state index is -0.948. The number of carbonyl (C=O) groups excluding carboxylic acids is 1. The molecule has 1 atom stereocenters. The van der Waals surface area contributed by atoms with Crippen LogP contribution in [0.25, 0.3) is 0 Å². The van der Waals surface area contributed by atoms with Gasteiger partial charge in [-0.15, -0.1) is 11.3 Å². The summed E-state index contributed by atoms with van der Waals surface area (Å²) in [4.78, 5) is 24.8. The molecule has 1 aliphatic rings. The van der Waals surface area contributed by atoms with Gasteiger partial charge in [0.15, 0.2) is 0 Å². The summed E-state index contributed by atoms with van der Waals surface area (Å²) >= 11 is 1.76. The number of carboxylic acids is 1. The van der Waals surface area contributed by atoms with Crippen molar-refractivity contribution >= 4 is 23.2 Å². The number of rotatable bonds is 5. The minimum Gasteiger partial charge on any atom is -0.478 e. The van der Waals surface area contributed by atoms with E-state index in [-0.39, 0.29) is 17.5 Å². The summed E-state index contributed by atoms with van der Waals surface area (Å²) in [7, 11) is 0. The Hall–Kier alpha value is -2.14. The van der Waals surface area contributed by atoms with Crippen molar-refractivity contribution in [1.29, 1.82) is 0 Å². The van der Waals surface area contributed by atoms with Crippen LogP contribution >= 0.6 is 11.3 Å². The molecule has 23 heavy (non-hydrogen) atoms. The van der Waals surface area contributed by atoms with Crippen molar-refractivity contribution < 1.29 is 14.7 Å². The van der Waals surface area contributed by atoms with Crippen molar-refractivity contribution in [1.82, 2.24) is 5.32 Å². The zero-order valence-corrected chi connectivity index (χ0v) is 13.6. The van der Waals surface area contributed by atoms with Gasteiger partial charge in [0.1, 0.15) is 0 Å². The van der Waals surface area contributed by atoms with Gasteiger partial charge in [0.05, 0.1) is 11.6 Å². The number of carbonyl (C=O) groups is 2. The maximum absolute atomic E-state index is 12.2. The molecular formula is C18H19NO3S. The van der Waals surface area contributed by atoms with Gasteiger partial charge >= 0.3 is 5.97 Å². The fraction of sp³-hybridized carbons (Fsp3) is 0.333. The minimum absolute atomic E-state index is 0.0192. The molecule has 0 aliphatic heterocycles. The Kier molecular flexibility index (Phi) is 4.76. The predicted molar refractivity (Wildman–Crippen MR) is 89.9 cm³/mol. The molecule has 0 spiro atoms. The summed E-state index contributed by atoms with van der Waals surface area (Å²) in [5.41, 5.74) is 2.23. The van der Waals surface area contributed by atoms with Gasteiger partial charge < -0.3 is 10.4 Å². The van der Waals surface area contributed by atoms with Gasteiger partial charge in [-0.2, -0.15) is 0 Å². The van der Waals surface area contributed by atoms with E-state index in [1.165, 1.54) is 10.4 Å². The molecule has 0 saturated heterocycles. The first-order chi connectivity index (χ1) is 11.1. The van der Waals surface area contributed by atoms with E-state index in [2.05, 4.69) is 16.8 Å². The van der Waals surface area contributed by atoms with Crippen LogP contribution in [-0.2, 0) is 17.6 Å². The molecule has 0 bridgehead atoms. The number of nitrogens with one attached hydrogen (secondary N) is 1. The van der Waals surface area contributed by atoms with Crippen LogP contribution < -0.4 is 5.32 Å². The highest BCUT2D eigenvalue weighted by Crippen LogP contribution is 2.33. The van der Waals surface area contributed by atoms with Crippen LogP contribution in [0.15, 0.2) is 35.7 Å². The van der Waals surface area contributed by atoms with Crippen LogP contribution in [0.4, 0.5) is 0 Å². The van der Waals surface area contributed by atoms with Gasteiger partial charge in [0.2, 0.25) is 5.91 Å². The molecule has 0 fully saturated rings. The standard InChI is InChI=1S/C18H19NO3S/c20-17(9-8-12-4-1-2-5-13(12)18(21)22)19-15-6-3-7-16-14(15)10-11-23-16/h1-2,4-5,10-11,15H,3,6-9H2,(H,19,20)(H,21,22). The van der Waals surface area contributed by atoms with E-state index >= 15 is 0 Å². The summed E-state index contributed by atoms with van der Waals surface area (Å²) in [5.74, 6) is -0.967. The third kappa shape index (κ3) is 3.62. The average molecular weight is 329 g/mol. The summed E-state index contributed by atoms with van der Waals surface area (Å²) in [6.45, 7) is 0. The first-order valence-electron chi connectivity index (χ1n) is 7.82. The second-order valence-corrected chi connectivity index (χ2v) is 6.77. The van der Waals surface area contributed by atoms with Gasteiger partial charge in [-0.05, 0) is 54.3 Å². The molecule has 4 nitrogen and oxygen atoms in total. The van der Waals surface area contributed by atoms with E-state index in [1.54, 1.807) is 35.6 Å². The maximum atomic E-state index is 12.2. The molecule has 0 saturated carbocycles. The molecule has 1 aliphatic carbocycles. The van der Waals surface area contributed by atoms with Gasteiger partial charge in [-0.3, -0.25) is 4.79 Å². The summed E-state index contributed by atoms with van der Waals surface area (Å²) in [6.07, 6.45) is 3.92. The molecule has 2 aromatic rings. The largest absolute Gasteiger partial charge is 0.478 e. The zero-order chi connectivity index (χ0) is 16.2. The lowest BCUT2D eigenvalue weighted by Crippen LogP contribution is -2.30. The number of thiophene rings is 1. The smallest absolute Gasteiger partial charge is 0.335 e. The van der Waals surface area contributed by atoms with Crippen molar-refractivity contribution in [2.24, 2.45) is 0 Å². The van der Waals surface area contributed by atoms with E-state index in [0.29, 0.717) is 18.4 Å². The number of fused-ring (bicyclic) bond motifs is 1. The Bertz CT molecular complexity index is 723. The van der Waals surface area contributed by atoms with Gasteiger partial charge in [0, 0.05) is 11.3 Å². The molecule has 1 amide bonds. The van der Waals surface area contributed by atoms with Crippen molar-refractivity contribution in [2.75, 3.05) is 0 Å². The molecule has 0 radical (unpaired) electrons. The monoisotopic (exact) mass is 329 g/mol. The molecule has 1 aromatic carbocycles. The molecule has 5 heteroatoms. The number of benzene rings is 1. The number of hydrogen-bond donors (Lipinski definition) is 2. The summed E-state index contributed by atoms with van der Waals surface area (Å²) in [5, 5.41) is 14.4. The Labute approximate surface area is 139 Å². The van der Waals surface area contributed by atoms with Crippen molar-refractivity contribution in [3.63, 3.8) is 0 Å². The van der Waals surface area contributed by atoms with Crippen LogP contribution in [0.2, 0.25) is 0 Å². The van der Waals surface area contributed by atoms with E-state index in [1.807, 2.05) is 0 Å². The van der Waals surface area contributed by atoms with Crippen molar-refractivity contribution in [3.05, 3.63) is 57.3 Å². The molecule has 1 aromatic heterocycles. The first-order valence-corrected chi connectivity index (χ1v) is 8.70. The van der Waals surface area contributed by atoms with Crippen LogP contribution in [-0.4, -0.2) is 17.0 Å². The van der Waals surface area contributed by atoms with Crippen molar-refractivity contribution in [2.45, 2.75) is 38.1 Å². The SMILES string of the molecule is O=C(CCc1ccccc1C(=O)O)NC1CCCc2sccc21. The second-order valence-electron chi connectivity index (χ2n) is 5.77. The van der Waals surface area contributed by atoms with E-state index in [9.17, 15) is 14.7 Å². The lowest BCUT2D eigenvalue weighted by Gasteiger charge is -2.23. The number of hydrogen-bond acceptors (Lipinski definition) is 3. The van der Waals surface area contributed by atoms with Crippen molar-refractivity contribution in [3.8, 4) is 0 Å². The van der Waals surface area contributed by atoms with Crippen LogP contribution in [0.5, 0.6) is 0 Å². The van der Waals surface area contributed by atoms with Crippen LogP contribution in [0.1, 0.15) is 51.7 Å².